The van der Waals surface area contributed by atoms with Gasteiger partial charge in [-0.3, -0.25) is 4.79 Å². The molecule has 0 bridgehead atoms. The van der Waals surface area contributed by atoms with E-state index >= 15 is 0 Å². The molecule has 27 heavy (non-hydrogen) atoms. The van der Waals surface area contributed by atoms with Gasteiger partial charge < -0.3 is 19.3 Å². The van der Waals surface area contributed by atoms with Crippen LogP contribution in [0.5, 0.6) is 0 Å². The van der Waals surface area contributed by atoms with Crippen molar-refractivity contribution in [3.63, 3.8) is 0 Å². The number of nitrogens with zero attached hydrogens (tertiary/aromatic N) is 6. The molecule has 0 radical (unpaired) electrons. The zero-order chi connectivity index (χ0) is 18.9. The van der Waals surface area contributed by atoms with Gasteiger partial charge in [0, 0.05) is 27.3 Å². The number of hydrogen-bond donors (Lipinski definition) is 0. The van der Waals surface area contributed by atoms with Crippen LogP contribution >= 0.6 is 0 Å². The predicted molar refractivity (Wildman–Crippen MR) is 98.5 cm³/mol. The minimum atomic E-state index is -0.0772. The largest absolute Gasteiger partial charge is 0.372 e. The minimum absolute atomic E-state index is 0.00523. The summed E-state index contributed by atoms with van der Waals surface area (Å²) in [4.78, 5) is 15.3. The lowest BCUT2D eigenvalue weighted by Crippen LogP contribution is -2.65. The van der Waals surface area contributed by atoms with Crippen LogP contribution in [0.15, 0.2) is 18.5 Å². The fourth-order valence-corrected chi connectivity index (χ4v) is 3.83. The molecule has 1 atom stereocenters. The third kappa shape index (κ3) is 3.89. The Morgan fingerprint density at radius 1 is 1.41 bits per heavy atom. The van der Waals surface area contributed by atoms with Gasteiger partial charge in [-0.15, -0.1) is 15.3 Å². The van der Waals surface area contributed by atoms with E-state index in [4.69, 9.17) is 9.47 Å². The normalized spacial score (nSPS) is 21.4. The van der Waals surface area contributed by atoms with Crippen LogP contribution in [0.3, 0.4) is 0 Å². The molecule has 2 aliphatic rings. The topological polar surface area (TPSA) is 85.1 Å². The predicted octanol–water partition coefficient (Wildman–Crippen LogP) is 0.605. The average Bonchev–Trinajstić information content (AvgIpc) is 3.10. The van der Waals surface area contributed by atoms with Gasteiger partial charge in [-0.25, -0.2) is 0 Å². The summed E-state index contributed by atoms with van der Waals surface area (Å²) in [5, 5.41) is 12.4. The van der Waals surface area contributed by atoms with Crippen molar-refractivity contribution in [3.8, 4) is 0 Å². The number of anilines is 1. The number of hydrogen-bond acceptors (Lipinski definition) is 7. The molecule has 2 fully saturated rings. The number of ether oxygens (including phenoxy) is 2. The highest BCUT2D eigenvalue weighted by molar-refractivity contribution is 5.76. The molecule has 2 aliphatic heterocycles. The highest BCUT2D eigenvalue weighted by Gasteiger charge is 2.48. The molecule has 0 saturated carbocycles. The molecule has 1 unspecified atom stereocenters. The van der Waals surface area contributed by atoms with Crippen LogP contribution in [0.25, 0.3) is 5.65 Å². The maximum absolute atomic E-state index is 11.5. The first kappa shape index (κ1) is 18.1. The van der Waals surface area contributed by atoms with Gasteiger partial charge in [0.05, 0.1) is 13.1 Å². The molecule has 2 saturated heterocycles. The highest BCUT2D eigenvalue weighted by atomic mass is 16.5. The lowest BCUT2D eigenvalue weighted by Gasteiger charge is -2.53. The number of fused-ring (bicyclic) bond motifs is 1. The summed E-state index contributed by atoms with van der Waals surface area (Å²) in [6, 6.07) is 3.91. The van der Waals surface area contributed by atoms with Crippen LogP contribution in [-0.2, 0) is 14.3 Å². The van der Waals surface area contributed by atoms with Gasteiger partial charge in [0.25, 0.3) is 0 Å². The maximum atomic E-state index is 11.5. The van der Waals surface area contributed by atoms with Gasteiger partial charge in [0.1, 0.15) is 24.4 Å². The number of carbonyl (C=O) groups is 1. The minimum Gasteiger partial charge on any atom is -0.372 e. The lowest BCUT2D eigenvalue weighted by atomic mass is 9.79. The molecule has 0 N–H and O–H groups in total. The molecule has 2 aromatic heterocycles. The highest BCUT2D eigenvalue weighted by Crippen LogP contribution is 2.39. The van der Waals surface area contributed by atoms with E-state index in [2.05, 4.69) is 20.2 Å². The van der Waals surface area contributed by atoms with Gasteiger partial charge in [0.15, 0.2) is 5.65 Å². The molecule has 4 rings (SSSR count). The second-order valence-electron chi connectivity index (χ2n) is 7.70. The molecule has 1 amide bonds. The Hall–Kier alpha value is -2.26. The van der Waals surface area contributed by atoms with Gasteiger partial charge >= 0.3 is 0 Å². The van der Waals surface area contributed by atoms with Crippen molar-refractivity contribution in [1.29, 1.82) is 0 Å². The van der Waals surface area contributed by atoms with Crippen LogP contribution in [0.4, 0.5) is 5.82 Å². The van der Waals surface area contributed by atoms with E-state index in [9.17, 15) is 4.79 Å². The van der Waals surface area contributed by atoms with Crippen molar-refractivity contribution in [1.82, 2.24) is 24.7 Å². The second-order valence-corrected chi connectivity index (χ2v) is 7.70. The van der Waals surface area contributed by atoms with E-state index in [1.54, 1.807) is 29.8 Å². The van der Waals surface area contributed by atoms with Gasteiger partial charge in [0.2, 0.25) is 5.91 Å². The maximum Gasteiger partial charge on any atom is 0.248 e. The first-order chi connectivity index (χ1) is 13.0. The summed E-state index contributed by atoms with van der Waals surface area (Å²) in [6.45, 7) is 3.27. The van der Waals surface area contributed by atoms with Gasteiger partial charge in [-0.1, -0.05) is 0 Å². The average molecular weight is 374 g/mol. The van der Waals surface area contributed by atoms with Crippen molar-refractivity contribution in [2.75, 3.05) is 51.9 Å². The SMILES string of the molecule is CN(C)C(=O)COCCC1CCOC2(C1)CN(c1ccc3nncn3n1)C2. The summed E-state index contributed by atoms with van der Waals surface area (Å²) in [5.41, 5.74) is 0.669. The molecule has 4 heterocycles. The number of amides is 1. The fraction of sp³-hybridized carbons (Fsp3) is 0.667. The van der Waals surface area contributed by atoms with Crippen LogP contribution in [0, 0.1) is 5.92 Å². The molecule has 0 aliphatic carbocycles. The molecule has 1 spiro atoms. The van der Waals surface area contributed by atoms with Gasteiger partial charge in [-0.05, 0) is 37.3 Å². The van der Waals surface area contributed by atoms with Crippen molar-refractivity contribution in [2.45, 2.75) is 24.9 Å². The van der Waals surface area contributed by atoms with E-state index in [-0.39, 0.29) is 18.1 Å². The van der Waals surface area contributed by atoms with E-state index in [1.807, 2.05) is 12.1 Å². The van der Waals surface area contributed by atoms with Crippen molar-refractivity contribution < 1.29 is 14.3 Å². The smallest absolute Gasteiger partial charge is 0.248 e. The molecule has 2 aromatic rings. The zero-order valence-corrected chi connectivity index (χ0v) is 15.9. The Kier molecular flexibility index (Phi) is 4.96. The first-order valence-corrected chi connectivity index (χ1v) is 9.39. The molecule has 9 nitrogen and oxygen atoms in total. The molecule has 0 aromatic carbocycles. The first-order valence-electron chi connectivity index (χ1n) is 9.39. The quantitative estimate of drug-likeness (QED) is 0.685. The van der Waals surface area contributed by atoms with Crippen molar-refractivity contribution in [2.24, 2.45) is 5.92 Å². The van der Waals surface area contributed by atoms with Crippen LogP contribution in [0.1, 0.15) is 19.3 Å². The number of carbonyl (C=O) groups excluding carboxylic acids is 1. The van der Waals surface area contributed by atoms with Crippen molar-refractivity contribution in [3.05, 3.63) is 18.5 Å². The standard InChI is InChI=1S/C18H26N6O3/c1-22(2)17(25)10-26-7-5-14-6-8-27-18(9-14)11-23(12-18)16-4-3-15-20-19-13-24(15)21-16/h3-4,13-14H,5-12H2,1-2H3. The molecular weight excluding hydrogens is 348 g/mol. The molecule has 9 heteroatoms. The monoisotopic (exact) mass is 374 g/mol. The molecule has 146 valence electrons. The third-order valence-electron chi connectivity index (χ3n) is 5.42. The van der Waals surface area contributed by atoms with Crippen LogP contribution in [-0.4, -0.2) is 83.2 Å². The number of rotatable bonds is 6. The Bertz CT molecular complexity index is 801. The van der Waals surface area contributed by atoms with Gasteiger partial charge in [-0.2, -0.15) is 4.52 Å². The summed E-state index contributed by atoms with van der Waals surface area (Å²) >= 11 is 0. The van der Waals surface area contributed by atoms with Crippen LogP contribution in [0.2, 0.25) is 0 Å². The van der Waals surface area contributed by atoms with E-state index in [1.165, 1.54) is 0 Å². The zero-order valence-electron chi connectivity index (χ0n) is 15.9. The Morgan fingerprint density at radius 3 is 3.07 bits per heavy atom. The summed E-state index contributed by atoms with van der Waals surface area (Å²) < 4.78 is 13.4. The number of likely N-dealkylation sites (N-methyl/N-ethyl adjacent to an activating group) is 1. The van der Waals surface area contributed by atoms with E-state index in [0.717, 1.165) is 50.4 Å². The van der Waals surface area contributed by atoms with Crippen LogP contribution < -0.4 is 4.90 Å². The van der Waals surface area contributed by atoms with E-state index < -0.39 is 0 Å². The van der Waals surface area contributed by atoms with E-state index in [0.29, 0.717) is 12.5 Å². The summed E-state index contributed by atoms with van der Waals surface area (Å²) in [7, 11) is 3.48. The third-order valence-corrected chi connectivity index (χ3v) is 5.42. The number of aromatic nitrogens is 4. The lowest BCUT2D eigenvalue weighted by molar-refractivity contribution is -0.134. The van der Waals surface area contributed by atoms with Crippen molar-refractivity contribution >= 4 is 17.4 Å². The summed E-state index contributed by atoms with van der Waals surface area (Å²) in [6.07, 6.45) is 4.67. The second kappa shape index (κ2) is 7.40. The fourth-order valence-electron chi connectivity index (χ4n) is 3.83. The molecular formula is C18H26N6O3. The Morgan fingerprint density at radius 2 is 2.26 bits per heavy atom. The summed E-state index contributed by atoms with van der Waals surface area (Å²) in [5.74, 6) is 1.50. The Labute approximate surface area is 158 Å². The Balaban J connectivity index is 1.26.